The van der Waals surface area contributed by atoms with Crippen molar-refractivity contribution in [1.82, 2.24) is 4.90 Å². The van der Waals surface area contributed by atoms with E-state index in [9.17, 15) is 4.79 Å². The maximum absolute atomic E-state index is 13.0. The van der Waals surface area contributed by atoms with Crippen LogP contribution in [0.2, 0.25) is 0 Å². The number of nitrogens with zero attached hydrogens (tertiary/aromatic N) is 2. The van der Waals surface area contributed by atoms with Gasteiger partial charge in [0.25, 0.3) is 0 Å². The van der Waals surface area contributed by atoms with Crippen LogP contribution in [0.4, 0.5) is 10.5 Å². The molecule has 0 N–H and O–H groups in total. The van der Waals surface area contributed by atoms with Crippen LogP contribution in [-0.2, 0) is 4.74 Å². The Hall–Kier alpha value is -2.33. The number of fused-ring (bicyclic) bond motifs is 2. The highest BCUT2D eigenvalue weighted by Crippen LogP contribution is 2.64. The second-order valence-corrected chi connectivity index (χ2v) is 7.90. The third-order valence-electron chi connectivity index (χ3n) is 7.06. The summed E-state index contributed by atoms with van der Waals surface area (Å²) in [6.07, 6.45) is 8.59. The number of rotatable bonds is 4. The van der Waals surface area contributed by atoms with Gasteiger partial charge in [-0.3, -0.25) is 9.80 Å². The van der Waals surface area contributed by atoms with Crippen molar-refractivity contribution in [3.8, 4) is 0 Å². The highest BCUT2D eigenvalue weighted by molar-refractivity contribution is 5.94. The third kappa shape index (κ3) is 2.16. The fourth-order valence-corrected chi connectivity index (χ4v) is 6.11. The Bertz CT molecular complexity index is 793. The molecule has 1 saturated carbocycles. The molecule has 2 heterocycles. The summed E-state index contributed by atoms with van der Waals surface area (Å²) in [6, 6.07) is 8.40. The first-order valence-electron chi connectivity index (χ1n) is 9.69. The minimum atomic E-state index is -0.347. The van der Waals surface area contributed by atoms with Crippen LogP contribution in [-0.4, -0.2) is 42.8 Å². The number of hydrogen-bond acceptors (Lipinski definition) is 3. The molecule has 1 unspecified atom stereocenters. The summed E-state index contributed by atoms with van der Waals surface area (Å²) >= 11 is 0. The van der Waals surface area contributed by atoms with E-state index in [4.69, 9.17) is 4.74 Å². The molecule has 1 spiro atoms. The van der Waals surface area contributed by atoms with Crippen LogP contribution in [0.1, 0.15) is 30.7 Å². The lowest BCUT2D eigenvalue weighted by Crippen LogP contribution is -2.67. The molecule has 1 aromatic rings. The standard InChI is InChI=1S/C23H28N2O2/c1-5-15-24-16-12-18-17-10-8-9-11-19(17)25(21(26)27-4)23(18)14-13-22(6-2,7-3)20(23)24/h5-11,18,20H,1-3,12-16H2,4H3/t18-,20-,23?/m0/s1. The van der Waals surface area contributed by atoms with Crippen molar-refractivity contribution in [2.45, 2.75) is 36.8 Å². The zero-order valence-corrected chi connectivity index (χ0v) is 16.1. The maximum atomic E-state index is 13.0. The molecule has 4 nitrogen and oxygen atoms in total. The van der Waals surface area contributed by atoms with Crippen LogP contribution in [0, 0.1) is 5.41 Å². The number of anilines is 1. The summed E-state index contributed by atoms with van der Waals surface area (Å²) in [7, 11) is 1.47. The lowest BCUT2D eigenvalue weighted by Gasteiger charge is -2.54. The fourth-order valence-electron chi connectivity index (χ4n) is 6.11. The molecule has 4 rings (SSSR count). The number of hydrogen-bond donors (Lipinski definition) is 0. The number of carbonyl (C=O) groups excluding carboxylic acids is 1. The van der Waals surface area contributed by atoms with Gasteiger partial charge in [0.05, 0.1) is 18.3 Å². The van der Waals surface area contributed by atoms with Gasteiger partial charge in [0.15, 0.2) is 0 Å². The van der Waals surface area contributed by atoms with E-state index < -0.39 is 0 Å². The van der Waals surface area contributed by atoms with Gasteiger partial charge >= 0.3 is 6.09 Å². The number of amides is 1. The van der Waals surface area contributed by atoms with Gasteiger partial charge in [-0.15, -0.1) is 19.7 Å². The molecule has 0 aromatic heterocycles. The smallest absolute Gasteiger partial charge is 0.414 e. The lowest BCUT2D eigenvalue weighted by atomic mass is 9.68. The van der Waals surface area contributed by atoms with E-state index in [1.165, 1.54) is 12.7 Å². The highest BCUT2D eigenvalue weighted by atomic mass is 16.5. The molecule has 4 heteroatoms. The largest absolute Gasteiger partial charge is 0.452 e. The minimum Gasteiger partial charge on any atom is -0.452 e. The summed E-state index contributed by atoms with van der Waals surface area (Å²) in [4.78, 5) is 17.4. The van der Waals surface area contributed by atoms with E-state index in [-0.39, 0.29) is 23.1 Å². The maximum Gasteiger partial charge on any atom is 0.414 e. The van der Waals surface area contributed by atoms with E-state index in [1.54, 1.807) is 0 Å². The van der Waals surface area contributed by atoms with Crippen molar-refractivity contribution in [3.63, 3.8) is 0 Å². The highest BCUT2D eigenvalue weighted by Gasteiger charge is 2.68. The van der Waals surface area contributed by atoms with E-state index in [1.807, 2.05) is 29.2 Å². The van der Waals surface area contributed by atoms with Crippen LogP contribution in [0.25, 0.3) is 0 Å². The molecule has 3 atom stereocenters. The first kappa shape index (κ1) is 18.1. The van der Waals surface area contributed by atoms with Crippen LogP contribution in [0.3, 0.4) is 0 Å². The quantitative estimate of drug-likeness (QED) is 0.737. The molecule has 27 heavy (non-hydrogen) atoms. The molecule has 2 aliphatic heterocycles. The molecule has 1 saturated heterocycles. The van der Waals surface area contributed by atoms with E-state index in [2.05, 4.69) is 42.8 Å². The normalized spacial score (nSPS) is 30.8. The number of benzene rings is 1. The molecule has 142 valence electrons. The predicted octanol–water partition coefficient (Wildman–Crippen LogP) is 4.51. The van der Waals surface area contributed by atoms with Gasteiger partial charge in [0, 0.05) is 23.9 Å². The van der Waals surface area contributed by atoms with Crippen molar-refractivity contribution in [1.29, 1.82) is 0 Å². The summed E-state index contributed by atoms with van der Waals surface area (Å²) in [5.41, 5.74) is 1.66. The number of likely N-dealkylation sites (tertiary alicyclic amines) is 1. The minimum absolute atomic E-state index is 0.100. The number of methoxy groups -OCH3 is 1. The Morgan fingerprint density at radius 1 is 1.26 bits per heavy atom. The molecule has 1 aromatic carbocycles. The van der Waals surface area contributed by atoms with Crippen LogP contribution in [0.5, 0.6) is 0 Å². The van der Waals surface area contributed by atoms with Gasteiger partial charge in [-0.25, -0.2) is 4.79 Å². The number of para-hydroxylation sites is 1. The first-order chi connectivity index (χ1) is 13.1. The van der Waals surface area contributed by atoms with Gasteiger partial charge in [-0.1, -0.05) is 36.4 Å². The summed E-state index contributed by atoms with van der Waals surface area (Å²) in [5, 5.41) is 0. The van der Waals surface area contributed by atoms with Crippen LogP contribution >= 0.6 is 0 Å². The first-order valence-corrected chi connectivity index (χ1v) is 9.69. The molecular formula is C23H28N2O2. The van der Waals surface area contributed by atoms with Crippen LogP contribution < -0.4 is 4.90 Å². The Morgan fingerprint density at radius 2 is 2.00 bits per heavy atom. The molecular weight excluding hydrogens is 336 g/mol. The zero-order valence-electron chi connectivity index (χ0n) is 16.1. The molecule has 0 bridgehead atoms. The van der Waals surface area contributed by atoms with E-state index >= 15 is 0 Å². The van der Waals surface area contributed by atoms with Crippen molar-refractivity contribution in [3.05, 3.63) is 67.8 Å². The Balaban J connectivity index is 1.96. The molecule has 3 aliphatic rings. The molecule has 1 aliphatic carbocycles. The second-order valence-electron chi connectivity index (χ2n) is 7.90. The topological polar surface area (TPSA) is 32.8 Å². The number of piperidine rings is 1. The van der Waals surface area contributed by atoms with Crippen molar-refractivity contribution in [2.24, 2.45) is 5.41 Å². The van der Waals surface area contributed by atoms with Gasteiger partial charge in [0.2, 0.25) is 0 Å². The Labute approximate surface area is 161 Å². The van der Waals surface area contributed by atoms with Gasteiger partial charge in [-0.05, 0) is 37.4 Å². The Kier molecular flexibility index (Phi) is 4.26. The summed E-state index contributed by atoms with van der Waals surface area (Å²) < 4.78 is 5.27. The molecule has 2 fully saturated rings. The van der Waals surface area contributed by atoms with Crippen LogP contribution in [0.15, 0.2) is 62.2 Å². The van der Waals surface area contributed by atoms with E-state index in [0.29, 0.717) is 5.92 Å². The molecule has 0 radical (unpaired) electrons. The van der Waals surface area contributed by atoms with Crippen molar-refractivity contribution in [2.75, 3.05) is 25.1 Å². The summed E-state index contributed by atoms with van der Waals surface area (Å²) in [5.74, 6) is 0.292. The lowest BCUT2D eigenvalue weighted by molar-refractivity contribution is 0.0508. The summed E-state index contributed by atoms with van der Waals surface area (Å²) in [6.45, 7) is 14.0. The monoisotopic (exact) mass is 364 g/mol. The van der Waals surface area contributed by atoms with Gasteiger partial charge in [0.1, 0.15) is 0 Å². The fraction of sp³-hybridized carbons (Fsp3) is 0.435. The van der Waals surface area contributed by atoms with Gasteiger partial charge in [-0.2, -0.15) is 0 Å². The third-order valence-corrected chi connectivity index (χ3v) is 7.06. The SMILES string of the molecule is C=CCN1CC[C@H]2c3ccccc3N(C(=O)OC)C23CCC(C=C)(C=C)[C@H]13. The Morgan fingerprint density at radius 3 is 2.67 bits per heavy atom. The van der Waals surface area contributed by atoms with Crippen molar-refractivity contribution < 1.29 is 9.53 Å². The molecule has 1 amide bonds. The zero-order chi connectivity index (χ0) is 19.2. The predicted molar refractivity (Wildman–Crippen MR) is 109 cm³/mol. The van der Waals surface area contributed by atoms with E-state index in [0.717, 1.165) is 38.0 Å². The van der Waals surface area contributed by atoms with Crippen molar-refractivity contribution >= 4 is 11.8 Å². The number of ether oxygens (including phenoxy) is 1. The average Bonchev–Trinajstić information content (AvgIpc) is 3.20. The number of carbonyl (C=O) groups is 1. The average molecular weight is 364 g/mol. The van der Waals surface area contributed by atoms with Gasteiger partial charge < -0.3 is 4.74 Å². The second kappa shape index (κ2) is 6.38.